The predicted octanol–water partition coefficient (Wildman–Crippen LogP) is 7.24. The fourth-order valence-electron chi connectivity index (χ4n) is 3.43. The van der Waals surface area contributed by atoms with Crippen LogP contribution < -0.4 is 0 Å². The van der Waals surface area contributed by atoms with Gasteiger partial charge in [0.25, 0.3) is 0 Å². The molecule has 0 aromatic rings. The average Bonchev–Trinajstić information content (AvgIpc) is 2.73. The van der Waals surface area contributed by atoms with Gasteiger partial charge in [-0.3, -0.25) is 9.59 Å². The zero-order valence-electron chi connectivity index (χ0n) is 19.8. The van der Waals surface area contributed by atoms with E-state index in [9.17, 15) is 9.59 Å². The lowest BCUT2D eigenvalue weighted by Gasteiger charge is -2.14. The molecule has 0 aromatic heterocycles. The van der Waals surface area contributed by atoms with Crippen LogP contribution in [0.3, 0.4) is 0 Å². The van der Waals surface area contributed by atoms with Gasteiger partial charge in [0.2, 0.25) is 0 Å². The van der Waals surface area contributed by atoms with Crippen molar-refractivity contribution in [1.82, 2.24) is 0 Å². The fraction of sp³-hybridized carbons (Fsp3) is 0.920. The van der Waals surface area contributed by atoms with E-state index in [1.54, 1.807) is 0 Å². The summed E-state index contributed by atoms with van der Waals surface area (Å²) in [5.41, 5.74) is 0. The minimum absolute atomic E-state index is 0.0583. The second-order valence-corrected chi connectivity index (χ2v) is 8.47. The van der Waals surface area contributed by atoms with Gasteiger partial charge >= 0.3 is 11.9 Å². The van der Waals surface area contributed by atoms with Crippen molar-refractivity contribution in [3.05, 3.63) is 0 Å². The fourth-order valence-corrected chi connectivity index (χ4v) is 3.43. The molecule has 0 aromatic carbocycles. The highest BCUT2D eigenvalue weighted by molar-refractivity contribution is 5.69. The van der Waals surface area contributed by atoms with Crippen LogP contribution in [0.1, 0.15) is 124 Å². The zero-order chi connectivity index (χ0) is 21.7. The molecule has 0 aliphatic heterocycles. The molecule has 0 amide bonds. The normalized spacial score (nSPS) is 13.1. The molecule has 0 radical (unpaired) electrons. The lowest BCUT2D eigenvalue weighted by atomic mass is 10.0. The summed E-state index contributed by atoms with van der Waals surface area (Å²) in [5.74, 6) is 0.907. The highest BCUT2D eigenvalue weighted by atomic mass is 16.5. The molecular weight excluding hydrogens is 364 g/mol. The molecule has 0 rings (SSSR count). The van der Waals surface area contributed by atoms with Gasteiger partial charge in [0.1, 0.15) is 0 Å². The SMILES string of the molecule is CCCC[C@H](CC)COC(=O)CCCCCCCC(=O)OC[C@@H](CC)CCCC. The number of hydrogen-bond donors (Lipinski definition) is 0. The molecule has 2 atom stereocenters. The van der Waals surface area contributed by atoms with Crippen molar-refractivity contribution in [2.45, 2.75) is 124 Å². The third-order valence-corrected chi connectivity index (χ3v) is 5.81. The topological polar surface area (TPSA) is 52.6 Å². The van der Waals surface area contributed by atoms with Crippen molar-refractivity contribution in [2.24, 2.45) is 11.8 Å². The van der Waals surface area contributed by atoms with Crippen LogP contribution in [0.15, 0.2) is 0 Å². The molecule has 29 heavy (non-hydrogen) atoms. The molecule has 0 heterocycles. The molecule has 172 valence electrons. The Hall–Kier alpha value is -1.06. The van der Waals surface area contributed by atoms with Crippen LogP contribution in [0.2, 0.25) is 0 Å². The standard InChI is InChI=1S/C25H48O4/c1-5-9-16-22(7-3)20-28-24(26)18-14-12-11-13-15-19-25(27)29-21-23(8-4)17-10-6-2/h22-23H,5-21H2,1-4H3/t22-,23-/m0/s1. The Morgan fingerprint density at radius 3 is 1.31 bits per heavy atom. The minimum Gasteiger partial charge on any atom is -0.465 e. The highest BCUT2D eigenvalue weighted by Crippen LogP contribution is 2.15. The van der Waals surface area contributed by atoms with Gasteiger partial charge in [-0.25, -0.2) is 0 Å². The summed E-state index contributed by atoms with van der Waals surface area (Å²) in [5, 5.41) is 0. The lowest BCUT2D eigenvalue weighted by molar-refractivity contribution is -0.146. The van der Waals surface area contributed by atoms with E-state index in [0.717, 1.165) is 57.8 Å². The van der Waals surface area contributed by atoms with E-state index in [0.29, 0.717) is 37.9 Å². The summed E-state index contributed by atoms with van der Waals surface area (Å²) >= 11 is 0. The molecule has 4 heteroatoms. The van der Waals surface area contributed by atoms with Crippen LogP contribution in [0.5, 0.6) is 0 Å². The number of unbranched alkanes of at least 4 members (excludes halogenated alkanes) is 6. The third-order valence-electron chi connectivity index (χ3n) is 5.81. The van der Waals surface area contributed by atoms with Crippen LogP contribution in [0.4, 0.5) is 0 Å². The Morgan fingerprint density at radius 1 is 0.586 bits per heavy atom. The zero-order valence-corrected chi connectivity index (χ0v) is 19.8. The molecule has 0 saturated carbocycles. The molecule has 0 aliphatic rings. The molecule has 0 spiro atoms. The molecular formula is C25H48O4. The smallest absolute Gasteiger partial charge is 0.305 e. The van der Waals surface area contributed by atoms with E-state index in [2.05, 4.69) is 27.7 Å². The first-order chi connectivity index (χ1) is 14.1. The van der Waals surface area contributed by atoms with Crippen molar-refractivity contribution in [1.29, 1.82) is 0 Å². The lowest BCUT2D eigenvalue weighted by Crippen LogP contribution is -2.14. The first kappa shape index (κ1) is 27.9. The first-order valence-electron chi connectivity index (χ1n) is 12.4. The molecule has 0 saturated heterocycles. The third kappa shape index (κ3) is 17.5. The van der Waals surface area contributed by atoms with Crippen LogP contribution in [0.25, 0.3) is 0 Å². The summed E-state index contributed by atoms with van der Waals surface area (Å²) in [7, 11) is 0. The largest absolute Gasteiger partial charge is 0.465 e. The number of carbonyl (C=O) groups excluding carboxylic acids is 2. The molecule has 4 nitrogen and oxygen atoms in total. The quantitative estimate of drug-likeness (QED) is 0.156. The van der Waals surface area contributed by atoms with E-state index < -0.39 is 0 Å². The first-order valence-corrected chi connectivity index (χ1v) is 12.4. The van der Waals surface area contributed by atoms with Crippen molar-refractivity contribution < 1.29 is 19.1 Å². The number of ether oxygens (including phenoxy) is 2. The van der Waals surface area contributed by atoms with Crippen LogP contribution in [-0.2, 0) is 19.1 Å². The summed E-state index contributed by atoms with van der Waals surface area (Å²) in [6.07, 6.45) is 15.2. The van der Waals surface area contributed by atoms with Gasteiger partial charge in [0.15, 0.2) is 0 Å². The number of carbonyl (C=O) groups is 2. The van der Waals surface area contributed by atoms with Gasteiger partial charge in [-0.1, -0.05) is 85.5 Å². The van der Waals surface area contributed by atoms with Crippen molar-refractivity contribution in [2.75, 3.05) is 13.2 Å². The highest BCUT2D eigenvalue weighted by Gasteiger charge is 2.11. The second-order valence-electron chi connectivity index (χ2n) is 8.47. The molecule has 0 bridgehead atoms. The Kier molecular flexibility index (Phi) is 19.5. The predicted molar refractivity (Wildman–Crippen MR) is 121 cm³/mol. The minimum atomic E-state index is -0.0583. The monoisotopic (exact) mass is 412 g/mol. The summed E-state index contributed by atoms with van der Waals surface area (Å²) in [6.45, 7) is 9.87. The van der Waals surface area contributed by atoms with Gasteiger partial charge in [-0.2, -0.15) is 0 Å². The number of esters is 2. The molecule has 0 N–H and O–H groups in total. The van der Waals surface area contributed by atoms with Crippen LogP contribution in [-0.4, -0.2) is 25.2 Å². The van der Waals surface area contributed by atoms with Gasteiger partial charge in [-0.05, 0) is 37.5 Å². The summed E-state index contributed by atoms with van der Waals surface area (Å²) < 4.78 is 10.9. The van der Waals surface area contributed by atoms with E-state index in [1.165, 1.54) is 25.7 Å². The summed E-state index contributed by atoms with van der Waals surface area (Å²) in [6, 6.07) is 0. The number of rotatable bonds is 20. The second kappa shape index (κ2) is 20.2. The maximum Gasteiger partial charge on any atom is 0.305 e. The summed E-state index contributed by atoms with van der Waals surface area (Å²) in [4.78, 5) is 23.7. The maximum atomic E-state index is 11.8. The molecule has 0 unspecified atom stereocenters. The van der Waals surface area contributed by atoms with Crippen LogP contribution in [0, 0.1) is 11.8 Å². The van der Waals surface area contributed by atoms with Gasteiger partial charge < -0.3 is 9.47 Å². The van der Waals surface area contributed by atoms with E-state index in [4.69, 9.17) is 9.47 Å². The molecule has 0 aliphatic carbocycles. The van der Waals surface area contributed by atoms with Gasteiger partial charge in [0, 0.05) is 12.8 Å². The van der Waals surface area contributed by atoms with Crippen molar-refractivity contribution in [3.63, 3.8) is 0 Å². The van der Waals surface area contributed by atoms with E-state index in [-0.39, 0.29) is 11.9 Å². The van der Waals surface area contributed by atoms with Crippen molar-refractivity contribution >= 4 is 11.9 Å². The van der Waals surface area contributed by atoms with E-state index in [1.807, 2.05) is 0 Å². The van der Waals surface area contributed by atoms with Crippen LogP contribution >= 0.6 is 0 Å². The Bertz CT molecular complexity index is 358. The van der Waals surface area contributed by atoms with Gasteiger partial charge in [0.05, 0.1) is 13.2 Å². The maximum absolute atomic E-state index is 11.8. The number of hydrogen-bond acceptors (Lipinski definition) is 4. The Balaban J connectivity index is 3.59. The average molecular weight is 413 g/mol. The van der Waals surface area contributed by atoms with Gasteiger partial charge in [-0.15, -0.1) is 0 Å². The molecule has 0 fully saturated rings. The Labute approximate surface area is 180 Å². The van der Waals surface area contributed by atoms with E-state index >= 15 is 0 Å². The van der Waals surface area contributed by atoms with Crippen molar-refractivity contribution in [3.8, 4) is 0 Å². The Morgan fingerprint density at radius 2 is 0.966 bits per heavy atom.